The van der Waals surface area contributed by atoms with E-state index in [1.165, 1.54) is 11.3 Å². The molecule has 0 atom stereocenters. The van der Waals surface area contributed by atoms with Crippen LogP contribution in [0.25, 0.3) is 21.3 Å². The van der Waals surface area contributed by atoms with Gasteiger partial charge in [-0.1, -0.05) is 43.2 Å². The SMILES string of the molecule is N#Cc1c(N)nc2sc(C(=O)N3CCCCCC3)c(N)c2c1-c1ccccc1. The topological polar surface area (TPSA) is 109 Å². The maximum Gasteiger partial charge on any atom is 0.266 e. The Hall–Kier alpha value is -3.11. The molecule has 0 radical (unpaired) electrons. The molecule has 1 aliphatic heterocycles. The Bertz CT molecular complexity index is 1080. The number of thiophene rings is 1. The summed E-state index contributed by atoms with van der Waals surface area (Å²) in [5.41, 5.74) is 14.7. The molecule has 3 heterocycles. The first-order valence-corrected chi connectivity index (χ1v) is 10.2. The summed E-state index contributed by atoms with van der Waals surface area (Å²) in [6.45, 7) is 1.49. The zero-order chi connectivity index (χ0) is 19.7. The van der Waals surface area contributed by atoms with Gasteiger partial charge in [0.15, 0.2) is 0 Å². The molecule has 1 aromatic carbocycles. The fourth-order valence-corrected chi connectivity index (χ4v) is 4.83. The summed E-state index contributed by atoms with van der Waals surface area (Å²) in [5.74, 6) is 0.0994. The number of rotatable bonds is 2. The lowest BCUT2D eigenvalue weighted by Gasteiger charge is -2.19. The molecular weight excluding hydrogens is 370 g/mol. The van der Waals surface area contributed by atoms with Crippen molar-refractivity contribution in [2.24, 2.45) is 0 Å². The van der Waals surface area contributed by atoms with Gasteiger partial charge in [0.05, 0.1) is 5.69 Å². The summed E-state index contributed by atoms with van der Waals surface area (Å²) < 4.78 is 0. The number of amides is 1. The van der Waals surface area contributed by atoms with E-state index >= 15 is 0 Å². The van der Waals surface area contributed by atoms with Crippen LogP contribution in [0.1, 0.15) is 40.9 Å². The van der Waals surface area contributed by atoms with Crippen molar-refractivity contribution in [2.45, 2.75) is 25.7 Å². The van der Waals surface area contributed by atoms with Crippen LogP contribution >= 0.6 is 11.3 Å². The van der Waals surface area contributed by atoms with Gasteiger partial charge in [-0.15, -0.1) is 11.3 Å². The quantitative estimate of drug-likeness (QED) is 0.686. The maximum absolute atomic E-state index is 13.2. The largest absolute Gasteiger partial charge is 0.397 e. The summed E-state index contributed by atoms with van der Waals surface area (Å²) in [6.07, 6.45) is 4.31. The van der Waals surface area contributed by atoms with Gasteiger partial charge in [0.2, 0.25) is 0 Å². The van der Waals surface area contributed by atoms with E-state index in [0.29, 0.717) is 26.3 Å². The first-order chi connectivity index (χ1) is 13.6. The minimum absolute atomic E-state index is 0.0570. The van der Waals surface area contributed by atoms with Crippen LogP contribution in [0.5, 0.6) is 0 Å². The number of hydrogen-bond donors (Lipinski definition) is 2. The molecule has 0 bridgehead atoms. The molecular formula is C21H21N5OS. The van der Waals surface area contributed by atoms with Crippen LogP contribution in [-0.2, 0) is 0 Å². The van der Waals surface area contributed by atoms with Crippen molar-refractivity contribution in [1.29, 1.82) is 5.26 Å². The highest BCUT2D eigenvalue weighted by Crippen LogP contribution is 2.42. The number of carbonyl (C=O) groups is 1. The van der Waals surface area contributed by atoms with Gasteiger partial charge in [-0.05, 0) is 18.4 Å². The molecule has 0 spiro atoms. The maximum atomic E-state index is 13.2. The molecule has 142 valence electrons. The number of likely N-dealkylation sites (tertiary alicyclic amines) is 1. The third-order valence-corrected chi connectivity index (χ3v) is 6.25. The molecule has 4 N–H and O–H groups in total. The van der Waals surface area contributed by atoms with Gasteiger partial charge < -0.3 is 16.4 Å². The van der Waals surface area contributed by atoms with Crippen LogP contribution in [0.3, 0.4) is 0 Å². The van der Waals surface area contributed by atoms with Gasteiger partial charge in [0, 0.05) is 24.0 Å². The van der Waals surface area contributed by atoms with Crippen molar-refractivity contribution < 1.29 is 4.79 Å². The smallest absolute Gasteiger partial charge is 0.266 e. The summed E-state index contributed by atoms with van der Waals surface area (Å²) in [4.78, 5) is 20.5. The molecule has 7 heteroatoms. The Morgan fingerprint density at radius 3 is 2.43 bits per heavy atom. The first kappa shape index (κ1) is 18.3. The number of pyridine rings is 1. The molecule has 2 aromatic heterocycles. The fraction of sp³-hybridized carbons (Fsp3) is 0.286. The summed E-state index contributed by atoms with van der Waals surface area (Å²) >= 11 is 1.26. The second-order valence-electron chi connectivity index (χ2n) is 6.96. The molecule has 0 aliphatic carbocycles. The molecule has 0 saturated carbocycles. The number of benzene rings is 1. The van der Waals surface area contributed by atoms with Gasteiger partial charge in [-0.3, -0.25) is 4.79 Å². The minimum atomic E-state index is -0.0570. The highest BCUT2D eigenvalue weighted by Gasteiger charge is 2.27. The molecule has 1 amide bonds. The van der Waals surface area contributed by atoms with Gasteiger partial charge in [0.1, 0.15) is 27.2 Å². The van der Waals surface area contributed by atoms with Crippen LogP contribution in [-0.4, -0.2) is 28.9 Å². The summed E-state index contributed by atoms with van der Waals surface area (Å²) in [7, 11) is 0. The lowest BCUT2D eigenvalue weighted by Crippen LogP contribution is -2.31. The van der Waals surface area contributed by atoms with E-state index < -0.39 is 0 Å². The summed E-state index contributed by atoms with van der Waals surface area (Å²) in [6, 6.07) is 11.7. The predicted octanol–water partition coefficient (Wildman–Crippen LogP) is 4.02. The zero-order valence-corrected chi connectivity index (χ0v) is 16.3. The fourth-order valence-electron chi connectivity index (χ4n) is 3.75. The molecule has 3 aromatic rings. The normalized spacial score (nSPS) is 14.6. The second kappa shape index (κ2) is 7.49. The van der Waals surface area contributed by atoms with Gasteiger partial charge in [-0.2, -0.15) is 5.26 Å². The van der Waals surface area contributed by atoms with Crippen LogP contribution in [0.15, 0.2) is 30.3 Å². The Morgan fingerprint density at radius 2 is 1.79 bits per heavy atom. The third kappa shape index (κ3) is 3.06. The highest BCUT2D eigenvalue weighted by molar-refractivity contribution is 7.21. The number of hydrogen-bond acceptors (Lipinski definition) is 6. The molecule has 28 heavy (non-hydrogen) atoms. The predicted molar refractivity (Wildman–Crippen MR) is 113 cm³/mol. The zero-order valence-electron chi connectivity index (χ0n) is 15.4. The van der Waals surface area contributed by atoms with Crippen LogP contribution in [0, 0.1) is 11.3 Å². The van der Waals surface area contributed by atoms with Crippen molar-refractivity contribution in [3.8, 4) is 17.2 Å². The van der Waals surface area contributed by atoms with E-state index in [0.717, 1.165) is 44.3 Å². The highest BCUT2D eigenvalue weighted by atomic mass is 32.1. The molecule has 0 unspecified atom stereocenters. The van der Waals surface area contributed by atoms with Crippen LogP contribution in [0.2, 0.25) is 0 Å². The number of nitrogens with two attached hydrogens (primary N) is 2. The van der Waals surface area contributed by atoms with E-state index in [1.807, 2.05) is 35.2 Å². The Labute approximate surface area is 167 Å². The lowest BCUT2D eigenvalue weighted by atomic mass is 9.97. The molecule has 1 fully saturated rings. The molecule has 1 saturated heterocycles. The molecule has 1 aliphatic rings. The number of carbonyl (C=O) groups excluding carboxylic acids is 1. The van der Waals surface area contributed by atoms with E-state index in [4.69, 9.17) is 11.5 Å². The standard InChI is InChI=1S/C21H21N5OS/c22-12-14-15(13-8-4-3-5-9-13)16-17(23)18(28-20(16)25-19(14)24)21(27)26-10-6-1-2-7-11-26/h3-5,8-9H,1-2,6-7,10-11,23H2,(H2,24,25). The van der Waals surface area contributed by atoms with Gasteiger partial charge >= 0.3 is 0 Å². The van der Waals surface area contributed by atoms with Crippen molar-refractivity contribution in [3.63, 3.8) is 0 Å². The first-order valence-electron chi connectivity index (χ1n) is 9.38. The van der Waals surface area contributed by atoms with Gasteiger partial charge in [-0.25, -0.2) is 4.98 Å². The van der Waals surface area contributed by atoms with E-state index in [2.05, 4.69) is 11.1 Å². The van der Waals surface area contributed by atoms with Crippen LogP contribution in [0.4, 0.5) is 11.5 Å². The Morgan fingerprint density at radius 1 is 1.11 bits per heavy atom. The van der Waals surface area contributed by atoms with Crippen molar-refractivity contribution in [3.05, 3.63) is 40.8 Å². The number of anilines is 2. The number of nitriles is 1. The van der Waals surface area contributed by atoms with E-state index in [-0.39, 0.29) is 17.3 Å². The molecule has 6 nitrogen and oxygen atoms in total. The number of nitrogens with zero attached hydrogens (tertiary/aromatic N) is 3. The lowest BCUT2D eigenvalue weighted by molar-refractivity contribution is 0.0767. The Kier molecular flexibility index (Phi) is 4.88. The van der Waals surface area contributed by atoms with Crippen LogP contribution < -0.4 is 11.5 Å². The van der Waals surface area contributed by atoms with E-state index in [9.17, 15) is 10.1 Å². The Balaban J connectivity index is 1.92. The molecule has 4 rings (SSSR count). The summed E-state index contributed by atoms with van der Waals surface area (Å²) in [5, 5.41) is 10.3. The minimum Gasteiger partial charge on any atom is -0.397 e. The van der Waals surface area contributed by atoms with Crippen molar-refractivity contribution >= 4 is 39.0 Å². The monoisotopic (exact) mass is 391 g/mol. The number of aromatic nitrogens is 1. The number of nitrogen functional groups attached to an aromatic ring is 2. The number of fused-ring (bicyclic) bond motifs is 1. The van der Waals surface area contributed by atoms with Gasteiger partial charge in [0.25, 0.3) is 5.91 Å². The second-order valence-corrected chi connectivity index (χ2v) is 7.96. The van der Waals surface area contributed by atoms with Crippen molar-refractivity contribution in [2.75, 3.05) is 24.6 Å². The third-order valence-electron chi connectivity index (χ3n) is 5.17. The van der Waals surface area contributed by atoms with E-state index in [1.54, 1.807) is 0 Å². The average Bonchev–Trinajstić information content (AvgIpc) is 2.89. The van der Waals surface area contributed by atoms with Crippen molar-refractivity contribution in [1.82, 2.24) is 9.88 Å². The average molecular weight is 392 g/mol.